The summed E-state index contributed by atoms with van der Waals surface area (Å²) < 4.78 is 27.7. The number of rotatable bonds is 5. The van der Waals surface area contributed by atoms with Gasteiger partial charge in [0.2, 0.25) is 12.5 Å². The van der Waals surface area contributed by atoms with Gasteiger partial charge in [0.1, 0.15) is 0 Å². The molecule has 38 heavy (non-hydrogen) atoms. The third-order valence-electron chi connectivity index (χ3n) is 7.59. The van der Waals surface area contributed by atoms with E-state index in [0.717, 1.165) is 11.1 Å². The zero-order valence-electron chi connectivity index (χ0n) is 21.0. The van der Waals surface area contributed by atoms with E-state index in [0.29, 0.717) is 28.3 Å². The van der Waals surface area contributed by atoms with Crippen LogP contribution in [0.2, 0.25) is 0 Å². The number of esters is 1. The second-order valence-corrected chi connectivity index (χ2v) is 9.49. The number of aromatic nitrogens is 1. The smallest absolute Gasteiger partial charge is 0.310 e. The van der Waals surface area contributed by atoms with Crippen LogP contribution in [0.5, 0.6) is 28.7 Å². The first-order valence-corrected chi connectivity index (χ1v) is 12.2. The van der Waals surface area contributed by atoms with E-state index in [4.69, 9.17) is 23.7 Å². The lowest BCUT2D eigenvalue weighted by atomic mass is 9.65. The lowest BCUT2D eigenvalue weighted by molar-refractivity contribution is -0.141. The standard InChI is InChI=1S/C28H26N2O8/c1-13-15(5-4-6-29-13)27(32)30-25-17-10-20-19(37-12-38-20)9-16(17)23(24-18(25)11-36-28(24)33)14-7-21(34-2)26(31)22(8-14)35-3/h4-10,18,23-25,31H,11-12H2,1-3H3,(H,30,32)/t18-,23+,24-,25+/m0/s1. The van der Waals surface area contributed by atoms with Crippen molar-refractivity contribution in [2.75, 3.05) is 27.6 Å². The average molecular weight is 519 g/mol. The molecule has 2 aliphatic heterocycles. The van der Waals surface area contributed by atoms with Gasteiger partial charge in [-0.3, -0.25) is 14.6 Å². The van der Waals surface area contributed by atoms with Crippen LogP contribution in [0.3, 0.4) is 0 Å². The highest BCUT2D eigenvalue weighted by atomic mass is 16.7. The molecule has 196 valence electrons. The minimum Gasteiger partial charge on any atom is -0.502 e. The number of fused-ring (bicyclic) bond motifs is 3. The molecule has 1 aromatic heterocycles. The predicted octanol–water partition coefficient (Wildman–Crippen LogP) is 3.25. The Kier molecular flexibility index (Phi) is 5.74. The summed E-state index contributed by atoms with van der Waals surface area (Å²) in [5, 5.41) is 13.7. The summed E-state index contributed by atoms with van der Waals surface area (Å²) in [5.41, 5.74) is 3.31. The summed E-state index contributed by atoms with van der Waals surface area (Å²) in [6.07, 6.45) is 1.63. The molecule has 10 nitrogen and oxygen atoms in total. The Hall–Kier alpha value is -4.47. The van der Waals surface area contributed by atoms with Gasteiger partial charge in [0.15, 0.2) is 23.0 Å². The van der Waals surface area contributed by atoms with Crippen LogP contribution in [-0.2, 0) is 9.53 Å². The summed E-state index contributed by atoms with van der Waals surface area (Å²) >= 11 is 0. The van der Waals surface area contributed by atoms with Gasteiger partial charge >= 0.3 is 5.97 Å². The van der Waals surface area contributed by atoms with Crippen molar-refractivity contribution in [3.8, 4) is 28.7 Å². The fourth-order valence-corrected chi connectivity index (χ4v) is 5.78. The lowest BCUT2D eigenvalue weighted by Crippen LogP contribution is -2.43. The van der Waals surface area contributed by atoms with Gasteiger partial charge in [-0.2, -0.15) is 0 Å². The second-order valence-electron chi connectivity index (χ2n) is 9.49. The van der Waals surface area contributed by atoms with Gasteiger partial charge in [-0.05, 0) is 60.0 Å². The number of hydrogen-bond acceptors (Lipinski definition) is 9. The maximum Gasteiger partial charge on any atom is 0.310 e. The lowest BCUT2D eigenvalue weighted by Gasteiger charge is -2.39. The molecule has 1 fully saturated rings. The third-order valence-corrected chi connectivity index (χ3v) is 7.59. The number of carbonyl (C=O) groups excluding carboxylic acids is 2. The minimum atomic E-state index is -0.623. The molecule has 0 radical (unpaired) electrons. The normalized spacial score (nSPS) is 22.8. The maximum absolute atomic E-state index is 13.4. The van der Waals surface area contributed by atoms with E-state index in [2.05, 4.69) is 10.3 Å². The van der Waals surface area contributed by atoms with Crippen LogP contribution in [0.1, 0.15) is 44.7 Å². The molecular weight excluding hydrogens is 492 g/mol. The van der Waals surface area contributed by atoms with E-state index < -0.39 is 17.9 Å². The zero-order chi connectivity index (χ0) is 26.6. The molecule has 4 atom stereocenters. The van der Waals surface area contributed by atoms with Crippen molar-refractivity contribution in [1.82, 2.24) is 10.3 Å². The molecule has 3 aliphatic rings. The Bertz CT molecular complexity index is 1430. The number of hydrogen-bond donors (Lipinski definition) is 2. The van der Waals surface area contributed by atoms with E-state index in [9.17, 15) is 14.7 Å². The van der Waals surface area contributed by atoms with Crippen LogP contribution in [-0.4, -0.2) is 49.6 Å². The first kappa shape index (κ1) is 23.9. The van der Waals surface area contributed by atoms with Gasteiger partial charge in [-0.25, -0.2) is 0 Å². The van der Waals surface area contributed by atoms with Crippen molar-refractivity contribution >= 4 is 11.9 Å². The third kappa shape index (κ3) is 3.67. The highest BCUT2D eigenvalue weighted by Crippen LogP contribution is 2.55. The van der Waals surface area contributed by atoms with Crippen LogP contribution < -0.4 is 24.3 Å². The van der Waals surface area contributed by atoms with Gasteiger partial charge in [0.25, 0.3) is 5.91 Å². The van der Waals surface area contributed by atoms with E-state index in [1.807, 2.05) is 12.1 Å². The van der Waals surface area contributed by atoms with Crippen LogP contribution in [0.25, 0.3) is 0 Å². The average Bonchev–Trinajstić information content (AvgIpc) is 3.54. The van der Waals surface area contributed by atoms with Crippen molar-refractivity contribution in [2.45, 2.75) is 18.9 Å². The Morgan fingerprint density at radius 3 is 2.39 bits per heavy atom. The summed E-state index contributed by atoms with van der Waals surface area (Å²) in [4.78, 5) is 30.9. The van der Waals surface area contributed by atoms with Gasteiger partial charge in [0, 0.05) is 23.7 Å². The highest BCUT2D eigenvalue weighted by molar-refractivity contribution is 5.95. The summed E-state index contributed by atoms with van der Waals surface area (Å²) in [6.45, 7) is 1.98. The number of aromatic hydroxyl groups is 1. The molecule has 3 aromatic rings. The molecule has 1 saturated heterocycles. The molecule has 10 heteroatoms. The van der Waals surface area contributed by atoms with Gasteiger partial charge in [0.05, 0.1) is 38.3 Å². The van der Waals surface area contributed by atoms with Gasteiger partial charge in [-0.1, -0.05) is 0 Å². The van der Waals surface area contributed by atoms with E-state index in [1.54, 1.807) is 37.4 Å². The fourth-order valence-electron chi connectivity index (χ4n) is 5.78. The predicted molar refractivity (Wildman–Crippen MR) is 133 cm³/mol. The van der Waals surface area contributed by atoms with Gasteiger partial charge in [-0.15, -0.1) is 0 Å². The number of phenols is 1. The molecule has 0 bridgehead atoms. The molecule has 2 aromatic carbocycles. The molecule has 1 amide bonds. The number of aryl methyl sites for hydroxylation is 1. The van der Waals surface area contributed by atoms with Crippen molar-refractivity contribution in [3.05, 3.63) is 70.5 Å². The first-order chi connectivity index (χ1) is 18.4. The quantitative estimate of drug-likeness (QED) is 0.490. The number of ether oxygens (including phenoxy) is 5. The Morgan fingerprint density at radius 2 is 1.74 bits per heavy atom. The number of methoxy groups -OCH3 is 2. The number of nitrogens with zero attached hydrogens (tertiary/aromatic N) is 1. The Labute approximate surface area is 218 Å². The van der Waals surface area contributed by atoms with Crippen LogP contribution in [0, 0.1) is 18.8 Å². The summed E-state index contributed by atoms with van der Waals surface area (Å²) in [5.74, 6) is -0.749. The molecule has 3 heterocycles. The van der Waals surface area contributed by atoms with Crippen molar-refractivity contribution in [2.24, 2.45) is 11.8 Å². The molecular formula is C28H26N2O8. The number of nitrogens with one attached hydrogen (secondary N) is 1. The van der Waals surface area contributed by atoms with E-state index in [-0.39, 0.29) is 48.4 Å². The number of phenolic OH excluding ortho intramolecular Hbond substituents is 1. The van der Waals surface area contributed by atoms with Crippen LogP contribution in [0.15, 0.2) is 42.6 Å². The summed E-state index contributed by atoms with van der Waals surface area (Å²) in [6, 6.07) is 9.98. The topological polar surface area (TPSA) is 125 Å². The molecule has 0 spiro atoms. The molecule has 0 unspecified atom stereocenters. The SMILES string of the molecule is COc1cc([C@@H]2c3cc4c(cc3[C@@H](NC(=O)c3cccnc3C)[C@H]3COC(=O)[C@H]23)OCO4)cc(OC)c1O. The first-order valence-electron chi connectivity index (χ1n) is 12.2. The van der Waals surface area contributed by atoms with E-state index in [1.165, 1.54) is 14.2 Å². The maximum atomic E-state index is 13.4. The highest BCUT2D eigenvalue weighted by Gasteiger charge is 2.53. The van der Waals surface area contributed by atoms with E-state index >= 15 is 0 Å². The molecule has 0 saturated carbocycles. The van der Waals surface area contributed by atoms with Crippen LogP contribution in [0.4, 0.5) is 0 Å². The van der Waals surface area contributed by atoms with Crippen molar-refractivity contribution < 1.29 is 38.4 Å². The number of carbonyl (C=O) groups is 2. The molecule has 6 rings (SSSR count). The molecule has 2 N–H and O–H groups in total. The monoisotopic (exact) mass is 518 g/mol. The number of cyclic esters (lactones) is 1. The zero-order valence-corrected chi connectivity index (χ0v) is 21.0. The Morgan fingerprint density at radius 1 is 1.05 bits per heavy atom. The van der Waals surface area contributed by atoms with Crippen molar-refractivity contribution in [1.29, 1.82) is 0 Å². The van der Waals surface area contributed by atoms with Gasteiger partial charge < -0.3 is 34.1 Å². The second kappa shape index (κ2) is 9.13. The number of pyridine rings is 1. The number of amides is 1. The van der Waals surface area contributed by atoms with Crippen molar-refractivity contribution in [3.63, 3.8) is 0 Å². The van der Waals surface area contributed by atoms with Crippen LogP contribution >= 0.6 is 0 Å². The minimum absolute atomic E-state index is 0.0740. The molecule has 1 aliphatic carbocycles. The Balaban J connectivity index is 1.52. The largest absolute Gasteiger partial charge is 0.502 e. The number of benzene rings is 2. The fraction of sp³-hybridized carbons (Fsp3) is 0.321. The summed E-state index contributed by atoms with van der Waals surface area (Å²) in [7, 11) is 2.90.